The molecule has 1 aliphatic carbocycles. The van der Waals surface area contributed by atoms with E-state index in [1.165, 1.54) is 4.70 Å². The van der Waals surface area contributed by atoms with E-state index in [1.54, 1.807) is 11.3 Å². The maximum Gasteiger partial charge on any atom is 0.0969 e. The number of aliphatic hydroxyl groups excluding tert-OH is 1. The van der Waals surface area contributed by atoms with Crippen LogP contribution >= 0.6 is 27.3 Å². The molecule has 1 aliphatic rings. The van der Waals surface area contributed by atoms with Gasteiger partial charge in [0.2, 0.25) is 0 Å². The van der Waals surface area contributed by atoms with E-state index >= 15 is 0 Å². The number of nitrogens with zero attached hydrogens (tertiary/aromatic N) is 1. The van der Waals surface area contributed by atoms with E-state index in [0.29, 0.717) is 0 Å². The van der Waals surface area contributed by atoms with Crippen LogP contribution in [0, 0.1) is 17.2 Å². The first kappa shape index (κ1) is 11.2. The van der Waals surface area contributed by atoms with Gasteiger partial charge in [0.15, 0.2) is 0 Å². The molecule has 1 aromatic carbocycles. The molecule has 3 rings (SSSR count). The standard InChI is InChI=1S/C13H10BrNOS/c14-10-1-2-11-8(3-10)4-12(17-11)13(7-15)5-9(13)6-16/h1-4,9,16H,5-6H2. The molecule has 4 heteroatoms. The van der Waals surface area contributed by atoms with Gasteiger partial charge in [0, 0.05) is 26.6 Å². The third-order valence-electron chi connectivity index (χ3n) is 3.44. The van der Waals surface area contributed by atoms with Crippen molar-refractivity contribution in [3.05, 3.63) is 33.6 Å². The third kappa shape index (κ3) is 1.61. The van der Waals surface area contributed by atoms with Crippen LogP contribution in [-0.4, -0.2) is 11.7 Å². The molecule has 2 unspecified atom stereocenters. The van der Waals surface area contributed by atoms with Crippen molar-refractivity contribution < 1.29 is 5.11 Å². The first-order chi connectivity index (χ1) is 8.19. The number of aliphatic hydroxyl groups is 1. The Morgan fingerprint density at radius 2 is 2.35 bits per heavy atom. The molecule has 1 N–H and O–H groups in total. The summed E-state index contributed by atoms with van der Waals surface area (Å²) in [6, 6.07) is 10.6. The summed E-state index contributed by atoms with van der Waals surface area (Å²) >= 11 is 5.11. The Kier molecular flexibility index (Phi) is 2.51. The van der Waals surface area contributed by atoms with Gasteiger partial charge in [-0.3, -0.25) is 0 Å². The monoisotopic (exact) mass is 307 g/mol. The fraction of sp³-hybridized carbons (Fsp3) is 0.308. The van der Waals surface area contributed by atoms with Gasteiger partial charge in [-0.05, 0) is 36.1 Å². The zero-order valence-electron chi connectivity index (χ0n) is 8.98. The summed E-state index contributed by atoms with van der Waals surface area (Å²) in [4.78, 5) is 1.09. The van der Waals surface area contributed by atoms with Gasteiger partial charge in [-0.1, -0.05) is 15.9 Å². The molecule has 0 radical (unpaired) electrons. The number of thiophene rings is 1. The Hall–Kier alpha value is -0.890. The number of halogens is 1. The van der Waals surface area contributed by atoms with Gasteiger partial charge in [0.25, 0.3) is 0 Å². The van der Waals surface area contributed by atoms with Gasteiger partial charge >= 0.3 is 0 Å². The van der Waals surface area contributed by atoms with Crippen LogP contribution in [0.15, 0.2) is 28.7 Å². The average molecular weight is 308 g/mol. The predicted octanol–water partition coefficient (Wildman–Crippen LogP) is 3.44. The first-order valence-corrected chi connectivity index (χ1v) is 7.02. The lowest BCUT2D eigenvalue weighted by molar-refractivity contribution is 0.269. The zero-order chi connectivity index (χ0) is 12.0. The van der Waals surface area contributed by atoms with Crippen molar-refractivity contribution in [3.63, 3.8) is 0 Å². The number of hydrogen-bond acceptors (Lipinski definition) is 3. The summed E-state index contributed by atoms with van der Waals surface area (Å²) in [6.45, 7) is 0.103. The van der Waals surface area contributed by atoms with Crippen molar-refractivity contribution in [1.29, 1.82) is 5.26 Å². The Labute approximate surface area is 112 Å². The summed E-state index contributed by atoms with van der Waals surface area (Å²) in [6.07, 6.45) is 0.786. The molecule has 0 saturated heterocycles. The van der Waals surface area contributed by atoms with Crippen LogP contribution in [0.3, 0.4) is 0 Å². The smallest absolute Gasteiger partial charge is 0.0969 e. The van der Waals surface area contributed by atoms with E-state index in [0.717, 1.165) is 21.2 Å². The predicted molar refractivity (Wildman–Crippen MR) is 72.0 cm³/mol. The molecular weight excluding hydrogens is 298 g/mol. The Bertz CT molecular complexity index is 630. The molecule has 1 heterocycles. The van der Waals surface area contributed by atoms with Crippen LogP contribution in [0.5, 0.6) is 0 Å². The molecule has 0 aliphatic heterocycles. The lowest BCUT2D eigenvalue weighted by Crippen LogP contribution is -2.06. The van der Waals surface area contributed by atoms with Crippen molar-refractivity contribution in [1.82, 2.24) is 0 Å². The molecule has 2 atom stereocenters. The van der Waals surface area contributed by atoms with Gasteiger partial charge < -0.3 is 5.11 Å². The van der Waals surface area contributed by atoms with E-state index in [-0.39, 0.29) is 12.5 Å². The van der Waals surface area contributed by atoms with E-state index in [2.05, 4.69) is 40.2 Å². The molecule has 17 heavy (non-hydrogen) atoms. The molecule has 1 fully saturated rings. The molecule has 86 valence electrons. The maximum atomic E-state index is 9.33. The quantitative estimate of drug-likeness (QED) is 0.923. The molecule has 0 bridgehead atoms. The molecule has 0 amide bonds. The van der Waals surface area contributed by atoms with Crippen LogP contribution in [0.4, 0.5) is 0 Å². The van der Waals surface area contributed by atoms with Gasteiger partial charge in [0.05, 0.1) is 11.5 Å². The van der Waals surface area contributed by atoms with Gasteiger partial charge in [0.1, 0.15) is 0 Å². The molecule has 0 spiro atoms. The van der Waals surface area contributed by atoms with Gasteiger partial charge in [-0.15, -0.1) is 11.3 Å². The number of hydrogen-bond donors (Lipinski definition) is 1. The van der Waals surface area contributed by atoms with Crippen LogP contribution in [-0.2, 0) is 5.41 Å². The summed E-state index contributed by atoms with van der Waals surface area (Å²) < 4.78 is 2.25. The molecule has 1 saturated carbocycles. The normalized spacial score (nSPS) is 27.0. The van der Waals surface area contributed by atoms with Crippen molar-refractivity contribution in [3.8, 4) is 6.07 Å². The lowest BCUT2D eigenvalue weighted by Gasteiger charge is -2.02. The number of benzene rings is 1. The van der Waals surface area contributed by atoms with Crippen LogP contribution in [0.2, 0.25) is 0 Å². The highest BCUT2D eigenvalue weighted by Gasteiger charge is 2.56. The van der Waals surface area contributed by atoms with Crippen LogP contribution in [0.1, 0.15) is 11.3 Å². The summed E-state index contributed by atoms with van der Waals surface area (Å²) in [5.41, 5.74) is -0.426. The Morgan fingerprint density at radius 3 is 3.00 bits per heavy atom. The summed E-state index contributed by atoms with van der Waals surface area (Å²) in [7, 11) is 0. The molecular formula is C13H10BrNOS. The lowest BCUT2D eigenvalue weighted by atomic mass is 10.0. The van der Waals surface area contributed by atoms with Crippen molar-refractivity contribution in [2.45, 2.75) is 11.8 Å². The van der Waals surface area contributed by atoms with Crippen molar-refractivity contribution in [2.24, 2.45) is 5.92 Å². The molecule has 2 aromatic rings. The van der Waals surface area contributed by atoms with Crippen LogP contribution < -0.4 is 0 Å². The van der Waals surface area contributed by atoms with Crippen molar-refractivity contribution in [2.75, 3.05) is 6.61 Å². The minimum atomic E-state index is -0.426. The fourth-order valence-electron chi connectivity index (χ4n) is 2.28. The van der Waals surface area contributed by atoms with Gasteiger partial charge in [-0.25, -0.2) is 0 Å². The van der Waals surface area contributed by atoms with E-state index in [1.807, 2.05) is 6.07 Å². The highest BCUT2D eigenvalue weighted by molar-refractivity contribution is 9.10. The summed E-state index contributed by atoms with van der Waals surface area (Å²) in [5.74, 6) is 0.115. The number of fused-ring (bicyclic) bond motifs is 1. The number of rotatable bonds is 2. The Balaban J connectivity index is 2.11. The number of nitriles is 1. The summed E-state index contributed by atoms with van der Waals surface area (Å²) in [5, 5.41) is 19.7. The fourth-order valence-corrected chi connectivity index (χ4v) is 3.93. The van der Waals surface area contributed by atoms with Crippen LogP contribution in [0.25, 0.3) is 10.1 Å². The largest absolute Gasteiger partial charge is 0.396 e. The third-order valence-corrected chi connectivity index (χ3v) is 5.23. The highest BCUT2D eigenvalue weighted by Crippen LogP contribution is 2.56. The van der Waals surface area contributed by atoms with E-state index in [4.69, 9.17) is 0 Å². The average Bonchev–Trinajstić information content (AvgIpc) is 2.93. The Morgan fingerprint density at radius 1 is 1.53 bits per heavy atom. The highest BCUT2D eigenvalue weighted by atomic mass is 79.9. The second kappa shape index (κ2) is 3.81. The van der Waals surface area contributed by atoms with Crippen molar-refractivity contribution >= 4 is 37.4 Å². The maximum absolute atomic E-state index is 9.33. The second-order valence-electron chi connectivity index (χ2n) is 4.46. The van der Waals surface area contributed by atoms with Gasteiger partial charge in [-0.2, -0.15) is 5.26 Å². The molecule has 1 aromatic heterocycles. The second-order valence-corrected chi connectivity index (χ2v) is 6.46. The van der Waals surface area contributed by atoms with E-state index < -0.39 is 5.41 Å². The molecule has 2 nitrogen and oxygen atoms in total. The minimum absolute atomic E-state index is 0.103. The SMILES string of the molecule is N#CC1(c2cc3cc(Br)ccc3s2)CC1CO. The zero-order valence-corrected chi connectivity index (χ0v) is 11.4. The minimum Gasteiger partial charge on any atom is -0.396 e. The topological polar surface area (TPSA) is 44.0 Å². The first-order valence-electron chi connectivity index (χ1n) is 5.41. The van der Waals surface area contributed by atoms with E-state index in [9.17, 15) is 10.4 Å².